The van der Waals surface area contributed by atoms with E-state index >= 15 is 0 Å². The van der Waals surface area contributed by atoms with Gasteiger partial charge in [-0.05, 0) is 34.9 Å². The second kappa shape index (κ2) is 5.47. The monoisotopic (exact) mass is 309 g/mol. The van der Waals surface area contributed by atoms with Crippen LogP contribution in [-0.2, 0) is 17.6 Å². The van der Waals surface area contributed by atoms with Crippen LogP contribution in [0.4, 0.5) is 11.5 Å². The SMILES string of the molecule is COc1cccc(Nc2nc(Cl)nc3c2[S+]([O-])CC3)c1. The maximum Gasteiger partial charge on any atom is 0.224 e. The Bertz CT molecular complexity index is 654. The van der Waals surface area contributed by atoms with E-state index < -0.39 is 11.2 Å². The van der Waals surface area contributed by atoms with Crippen LogP contribution in [-0.4, -0.2) is 27.4 Å². The number of hydrogen-bond acceptors (Lipinski definition) is 5. The van der Waals surface area contributed by atoms with Gasteiger partial charge in [0.25, 0.3) is 0 Å². The molecule has 0 amide bonds. The van der Waals surface area contributed by atoms with Gasteiger partial charge in [-0.1, -0.05) is 6.07 Å². The van der Waals surface area contributed by atoms with Gasteiger partial charge in [-0.15, -0.1) is 0 Å². The molecule has 1 aliphatic rings. The third kappa shape index (κ3) is 2.54. The van der Waals surface area contributed by atoms with E-state index in [1.54, 1.807) is 7.11 Å². The van der Waals surface area contributed by atoms with Gasteiger partial charge < -0.3 is 14.6 Å². The summed E-state index contributed by atoms with van der Waals surface area (Å²) < 4.78 is 17.2. The molecule has 0 spiro atoms. The van der Waals surface area contributed by atoms with Crippen LogP contribution < -0.4 is 10.1 Å². The van der Waals surface area contributed by atoms with Crippen molar-refractivity contribution in [2.24, 2.45) is 0 Å². The van der Waals surface area contributed by atoms with Crippen LogP contribution in [0.25, 0.3) is 0 Å². The van der Waals surface area contributed by atoms with Gasteiger partial charge in [-0.2, -0.15) is 4.98 Å². The lowest BCUT2D eigenvalue weighted by molar-refractivity contribution is 0.415. The number of benzene rings is 1. The maximum atomic E-state index is 12.0. The van der Waals surface area contributed by atoms with Crippen molar-refractivity contribution in [3.8, 4) is 5.75 Å². The normalized spacial score (nSPS) is 16.9. The number of aryl methyl sites for hydroxylation is 1. The second-order valence-corrected chi connectivity index (χ2v) is 6.12. The van der Waals surface area contributed by atoms with E-state index in [4.69, 9.17) is 16.3 Å². The Kier molecular flexibility index (Phi) is 3.69. The molecular weight excluding hydrogens is 298 g/mol. The fourth-order valence-corrected chi connectivity index (χ4v) is 3.58. The van der Waals surface area contributed by atoms with Crippen molar-refractivity contribution in [2.75, 3.05) is 18.2 Å². The minimum Gasteiger partial charge on any atom is -0.611 e. The number of rotatable bonds is 3. The number of methoxy groups -OCH3 is 1. The molecule has 2 heterocycles. The van der Waals surface area contributed by atoms with Gasteiger partial charge in [0.05, 0.1) is 7.11 Å². The first-order valence-corrected chi connectivity index (χ1v) is 7.73. The van der Waals surface area contributed by atoms with E-state index in [0.717, 1.165) is 17.1 Å². The predicted molar refractivity (Wildman–Crippen MR) is 78.3 cm³/mol. The van der Waals surface area contributed by atoms with Crippen LogP contribution in [0.2, 0.25) is 5.28 Å². The molecule has 3 rings (SSSR count). The van der Waals surface area contributed by atoms with Crippen LogP contribution in [0, 0.1) is 0 Å². The summed E-state index contributed by atoms with van der Waals surface area (Å²) in [6, 6.07) is 7.42. The number of halogens is 1. The molecule has 0 saturated heterocycles. The minimum absolute atomic E-state index is 0.160. The van der Waals surface area contributed by atoms with Crippen molar-refractivity contribution < 1.29 is 9.29 Å². The lowest BCUT2D eigenvalue weighted by atomic mass is 10.3. The minimum atomic E-state index is -1.08. The largest absolute Gasteiger partial charge is 0.611 e. The highest BCUT2D eigenvalue weighted by Gasteiger charge is 2.31. The molecule has 20 heavy (non-hydrogen) atoms. The summed E-state index contributed by atoms with van der Waals surface area (Å²) >= 11 is 4.84. The third-order valence-corrected chi connectivity index (χ3v) is 4.62. The summed E-state index contributed by atoms with van der Waals surface area (Å²) in [6.45, 7) is 0. The van der Waals surface area contributed by atoms with Crippen LogP contribution in [0.3, 0.4) is 0 Å². The fourth-order valence-electron chi connectivity index (χ4n) is 2.09. The van der Waals surface area contributed by atoms with E-state index in [-0.39, 0.29) is 5.28 Å². The number of fused-ring (bicyclic) bond motifs is 1. The molecule has 5 nitrogen and oxygen atoms in total. The van der Waals surface area contributed by atoms with Crippen molar-refractivity contribution in [1.29, 1.82) is 0 Å². The van der Waals surface area contributed by atoms with Crippen molar-refractivity contribution in [2.45, 2.75) is 11.3 Å². The first kappa shape index (κ1) is 13.5. The highest BCUT2D eigenvalue weighted by atomic mass is 35.5. The summed E-state index contributed by atoms with van der Waals surface area (Å²) in [7, 11) is 1.60. The Morgan fingerprint density at radius 1 is 1.40 bits per heavy atom. The number of nitrogens with one attached hydrogen (secondary N) is 1. The quantitative estimate of drug-likeness (QED) is 0.697. The fraction of sp³-hybridized carbons (Fsp3) is 0.231. The third-order valence-electron chi connectivity index (χ3n) is 2.99. The number of aromatic nitrogens is 2. The Balaban J connectivity index is 1.98. The lowest BCUT2D eigenvalue weighted by Crippen LogP contribution is -2.06. The van der Waals surface area contributed by atoms with Gasteiger partial charge >= 0.3 is 0 Å². The number of hydrogen-bond donors (Lipinski definition) is 1. The van der Waals surface area contributed by atoms with Crippen molar-refractivity contribution in [1.82, 2.24) is 9.97 Å². The van der Waals surface area contributed by atoms with E-state index in [9.17, 15) is 4.55 Å². The Morgan fingerprint density at radius 2 is 2.25 bits per heavy atom. The molecule has 1 atom stereocenters. The maximum absolute atomic E-state index is 12.0. The Labute approximate surface area is 124 Å². The van der Waals surface area contributed by atoms with E-state index in [1.165, 1.54) is 0 Å². The number of ether oxygens (including phenoxy) is 1. The van der Waals surface area contributed by atoms with Crippen LogP contribution in [0.15, 0.2) is 29.2 Å². The van der Waals surface area contributed by atoms with E-state index in [1.807, 2.05) is 24.3 Å². The smallest absolute Gasteiger partial charge is 0.224 e. The summed E-state index contributed by atoms with van der Waals surface area (Å²) in [4.78, 5) is 8.94. The van der Waals surface area contributed by atoms with Crippen LogP contribution in [0.1, 0.15) is 5.69 Å². The Hall–Kier alpha value is -1.50. The molecule has 0 bridgehead atoms. The van der Waals surface area contributed by atoms with E-state index in [2.05, 4.69) is 15.3 Å². The van der Waals surface area contributed by atoms with E-state index in [0.29, 0.717) is 22.9 Å². The molecule has 1 aromatic heterocycles. The molecule has 0 fully saturated rings. The topological polar surface area (TPSA) is 70.1 Å². The Morgan fingerprint density at radius 3 is 3.05 bits per heavy atom. The van der Waals surface area contributed by atoms with Gasteiger partial charge in [0, 0.05) is 18.2 Å². The first-order valence-electron chi connectivity index (χ1n) is 6.03. The molecule has 1 aromatic carbocycles. The zero-order chi connectivity index (χ0) is 14.1. The molecule has 104 valence electrons. The van der Waals surface area contributed by atoms with Crippen molar-refractivity contribution in [3.05, 3.63) is 35.2 Å². The van der Waals surface area contributed by atoms with Crippen LogP contribution in [0.5, 0.6) is 5.75 Å². The highest BCUT2D eigenvalue weighted by Crippen LogP contribution is 2.33. The standard InChI is InChI=1S/C13H12ClN3O2S/c1-19-9-4-2-3-8(7-9)15-12-11-10(5-6-20(11)18)16-13(14)17-12/h2-4,7H,5-6H2,1H3,(H,15,16,17). The number of anilines is 2. The second-order valence-electron chi connectivity index (χ2n) is 4.27. The summed E-state index contributed by atoms with van der Waals surface area (Å²) in [6.07, 6.45) is 0.664. The van der Waals surface area contributed by atoms with Gasteiger partial charge in [-0.25, -0.2) is 4.98 Å². The highest BCUT2D eigenvalue weighted by molar-refractivity contribution is 7.91. The molecule has 1 aliphatic heterocycles. The summed E-state index contributed by atoms with van der Waals surface area (Å²) in [5, 5.41) is 3.30. The summed E-state index contributed by atoms with van der Waals surface area (Å²) in [5.41, 5.74) is 1.55. The summed E-state index contributed by atoms with van der Waals surface area (Å²) in [5.74, 6) is 1.80. The average Bonchev–Trinajstić information content (AvgIpc) is 2.80. The predicted octanol–water partition coefficient (Wildman–Crippen LogP) is 2.55. The first-order chi connectivity index (χ1) is 9.67. The van der Waals surface area contributed by atoms with Gasteiger partial charge in [0.2, 0.25) is 10.2 Å². The van der Waals surface area contributed by atoms with Crippen molar-refractivity contribution >= 4 is 34.3 Å². The molecule has 1 N–H and O–H groups in total. The van der Waals surface area contributed by atoms with Gasteiger partial charge in [0.1, 0.15) is 17.2 Å². The molecular formula is C13H12ClN3O2S. The zero-order valence-electron chi connectivity index (χ0n) is 10.7. The molecule has 2 aromatic rings. The average molecular weight is 310 g/mol. The number of nitrogens with zero attached hydrogens (tertiary/aromatic N) is 2. The van der Waals surface area contributed by atoms with Crippen molar-refractivity contribution in [3.63, 3.8) is 0 Å². The molecule has 0 radical (unpaired) electrons. The zero-order valence-corrected chi connectivity index (χ0v) is 12.3. The van der Waals surface area contributed by atoms with Gasteiger partial charge in [0.15, 0.2) is 5.82 Å². The molecule has 7 heteroatoms. The molecule has 1 unspecified atom stereocenters. The molecule has 0 saturated carbocycles. The van der Waals surface area contributed by atoms with Crippen LogP contribution >= 0.6 is 11.6 Å². The molecule has 0 aliphatic carbocycles. The lowest BCUT2D eigenvalue weighted by Gasteiger charge is -2.11. The van der Waals surface area contributed by atoms with Gasteiger partial charge in [-0.3, -0.25) is 0 Å².